The molecule has 1 heterocycles. The highest BCUT2D eigenvalue weighted by Crippen LogP contribution is 2.32. The maximum atomic E-state index is 13.0. The number of nitrogens with one attached hydrogen (secondary N) is 2. The van der Waals surface area contributed by atoms with Crippen LogP contribution in [0.2, 0.25) is 0 Å². The number of carbonyl (C=O) groups excluding carboxylic acids is 3. The molecule has 0 aromatic heterocycles. The van der Waals surface area contributed by atoms with E-state index in [1.54, 1.807) is 30.3 Å². The van der Waals surface area contributed by atoms with Gasteiger partial charge in [-0.2, -0.15) is 0 Å². The molecule has 1 fully saturated rings. The van der Waals surface area contributed by atoms with E-state index in [1.165, 1.54) is 0 Å². The van der Waals surface area contributed by atoms with E-state index in [0.717, 1.165) is 41.7 Å². The van der Waals surface area contributed by atoms with E-state index in [9.17, 15) is 14.4 Å². The highest BCUT2D eigenvalue weighted by atomic mass is 35.5. The Kier molecular flexibility index (Phi) is 5.83. The number of imide groups is 1. The molecular formula is C24H24ClN3O3. The van der Waals surface area contributed by atoms with Crippen LogP contribution in [0.25, 0.3) is 0 Å². The maximum absolute atomic E-state index is 13.0. The molecule has 31 heavy (non-hydrogen) atoms. The second kappa shape index (κ2) is 8.55. The summed E-state index contributed by atoms with van der Waals surface area (Å²) in [5, 5.41) is 5.84. The van der Waals surface area contributed by atoms with Gasteiger partial charge in [-0.3, -0.25) is 14.4 Å². The molecule has 0 bridgehead atoms. The monoisotopic (exact) mass is 437 g/mol. The normalized spacial score (nSPS) is 16.9. The summed E-state index contributed by atoms with van der Waals surface area (Å²) in [6.45, 7) is 3.73. The Morgan fingerprint density at radius 1 is 1.00 bits per heavy atom. The number of nitrogens with zero attached hydrogens (tertiary/aromatic N) is 1. The van der Waals surface area contributed by atoms with Gasteiger partial charge >= 0.3 is 0 Å². The first-order chi connectivity index (χ1) is 14.8. The van der Waals surface area contributed by atoms with E-state index in [1.807, 2.05) is 26.0 Å². The summed E-state index contributed by atoms with van der Waals surface area (Å²) in [7, 11) is 0. The summed E-state index contributed by atoms with van der Waals surface area (Å²) in [5.41, 5.74) is 3.39. The number of benzene rings is 2. The van der Waals surface area contributed by atoms with Crippen molar-refractivity contribution in [3.05, 3.63) is 69.9 Å². The molecule has 2 N–H and O–H groups in total. The minimum absolute atomic E-state index is 0.0238. The predicted molar refractivity (Wildman–Crippen MR) is 121 cm³/mol. The number of aryl methyl sites for hydroxylation is 2. The fraction of sp³-hybridized carbons (Fsp3) is 0.292. The lowest BCUT2D eigenvalue weighted by Crippen LogP contribution is -2.33. The third-order valence-electron chi connectivity index (χ3n) is 5.74. The van der Waals surface area contributed by atoms with Gasteiger partial charge in [0.25, 0.3) is 17.7 Å². The number of hydrogen-bond acceptors (Lipinski definition) is 4. The molecule has 0 atom stereocenters. The van der Waals surface area contributed by atoms with Gasteiger partial charge in [-0.1, -0.05) is 36.6 Å². The third-order valence-corrected chi connectivity index (χ3v) is 6.09. The van der Waals surface area contributed by atoms with Crippen molar-refractivity contribution in [2.45, 2.75) is 45.6 Å². The van der Waals surface area contributed by atoms with Crippen molar-refractivity contribution >= 4 is 40.7 Å². The molecule has 2 aliphatic rings. The van der Waals surface area contributed by atoms with E-state index in [0.29, 0.717) is 16.9 Å². The number of amides is 3. The molecule has 1 saturated carbocycles. The van der Waals surface area contributed by atoms with E-state index in [2.05, 4.69) is 10.6 Å². The Hall–Kier alpha value is -3.12. The van der Waals surface area contributed by atoms with Crippen molar-refractivity contribution in [1.82, 2.24) is 5.32 Å². The third kappa shape index (κ3) is 4.21. The summed E-state index contributed by atoms with van der Waals surface area (Å²) in [4.78, 5) is 39.2. The maximum Gasteiger partial charge on any atom is 0.283 e. The topological polar surface area (TPSA) is 78.5 Å². The van der Waals surface area contributed by atoms with Gasteiger partial charge < -0.3 is 10.6 Å². The molecular weight excluding hydrogens is 414 g/mol. The molecule has 4 rings (SSSR count). The quantitative estimate of drug-likeness (QED) is 0.679. The molecule has 3 amide bonds. The van der Waals surface area contributed by atoms with Crippen molar-refractivity contribution in [2.24, 2.45) is 0 Å². The Morgan fingerprint density at radius 2 is 1.68 bits per heavy atom. The van der Waals surface area contributed by atoms with Gasteiger partial charge in [0.2, 0.25) is 0 Å². The minimum atomic E-state index is -0.560. The van der Waals surface area contributed by atoms with Gasteiger partial charge in [0.05, 0.1) is 5.69 Å². The van der Waals surface area contributed by atoms with Crippen LogP contribution < -0.4 is 15.5 Å². The first-order valence-electron chi connectivity index (χ1n) is 10.4. The molecule has 1 aliphatic heterocycles. The number of hydrogen-bond donors (Lipinski definition) is 2. The number of halogens is 1. The van der Waals surface area contributed by atoms with Crippen molar-refractivity contribution < 1.29 is 14.4 Å². The van der Waals surface area contributed by atoms with Crippen LogP contribution in [0.15, 0.2) is 53.2 Å². The van der Waals surface area contributed by atoms with Gasteiger partial charge in [-0.05, 0) is 68.1 Å². The van der Waals surface area contributed by atoms with Crippen LogP contribution in [-0.4, -0.2) is 23.8 Å². The van der Waals surface area contributed by atoms with Gasteiger partial charge in [0, 0.05) is 17.3 Å². The van der Waals surface area contributed by atoms with Gasteiger partial charge in [-0.15, -0.1) is 0 Å². The van der Waals surface area contributed by atoms with Crippen molar-refractivity contribution in [1.29, 1.82) is 0 Å². The molecule has 6 nitrogen and oxygen atoms in total. The second-order valence-electron chi connectivity index (χ2n) is 8.08. The number of rotatable bonds is 5. The predicted octanol–water partition coefficient (Wildman–Crippen LogP) is 4.41. The lowest BCUT2D eigenvalue weighted by Gasteiger charge is -2.18. The molecule has 0 spiro atoms. The van der Waals surface area contributed by atoms with Crippen LogP contribution in [0.1, 0.15) is 47.2 Å². The van der Waals surface area contributed by atoms with Crippen LogP contribution in [-0.2, 0) is 9.59 Å². The minimum Gasteiger partial charge on any atom is -0.350 e. The fourth-order valence-electron chi connectivity index (χ4n) is 3.98. The summed E-state index contributed by atoms with van der Waals surface area (Å²) < 4.78 is 0. The number of carbonyl (C=O) groups is 3. The largest absolute Gasteiger partial charge is 0.350 e. The fourth-order valence-corrected chi connectivity index (χ4v) is 4.19. The van der Waals surface area contributed by atoms with Crippen molar-refractivity contribution in [2.75, 3.05) is 10.2 Å². The first kappa shape index (κ1) is 21.1. The lowest BCUT2D eigenvalue weighted by molar-refractivity contribution is -0.120. The highest BCUT2D eigenvalue weighted by Gasteiger charge is 2.39. The average molecular weight is 438 g/mol. The van der Waals surface area contributed by atoms with Gasteiger partial charge in [-0.25, -0.2) is 4.90 Å². The van der Waals surface area contributed by atoms with E-state index < -0.39 is 11.8 Å². The van der Waals surface area contributed by atoms with Crippen LogP contribution in [0.4, 0.5) is 11.4 Å². The standard InChI is InChI=1S/C24H24ClN3O3/c1-14-7-8-15(2)19(13-14)28-23(30)20(25)21(24(28)31)26-18-11-9-16(10-12-18)22(29)27-17-5-3-4-6-17/h7-13,17,26H,3-6H2,1-2H3,(H,27,29). The molecule has 0 radical (unpaired) electrons. The zero-order chi connectivity index (χ0) is 22.1. The van der Waals surface area contributed by atoms with Gasteiger partial charge in [0.15, 0.2) is 0 Å². The Labute approximate surface area is 186 Å². The SMILES string of the molecule is Cc1ccc(C)c(N2C(=O)C(Cl)=C(Nc3ccc(C(=O)NC4CCCC4)cc3)C2=O)c1. The summed E-state index contributed by atoms with van der Waals surface area (Å²) in [6, 6.07) is 12.6. The van der Waals surface area contributed by atoms with Crippen LogP contribution in [0.5, 0.6) is 0 Å². The molecule has 1 aliphatic carbocycles. The summed E-state index contributed by atoms with van der Waals surface area (Å²) >= 11 is 6.23. The van der Waals surface area contributed by atoms with Crippen molar-refractivity contribution in [3.8, 4) is 0 Å². The Morgan fingerprint density at radius 3 is 2.35 bits per heavy atom. The number of anilines is 2. The van der Waals surface area contributed by atoms with E-state index >= 15 is 0 Å². The second-order valence-corrected chi connectivity index (χ2v) is 8.46. The van der Waals surface area contributed by atoms with Crippen LogP contribution >= 0.6 is 11.6 Å². The van der Waals surface area contributed by atoms with E-state index in [-0.39, 0.29) is 22.7 Å². The van der Waals surface area contributed by atoms with E-state index in [4.69, 9.17) is 11.6 Å². The highest BCUT2D eigenvalue weighted by molar-refractivity contribution is 6.53. The first-order valence-corrected chi connectivity index (χ1v) is 10.8. The van der Waals surface area contributed by atoms with Crippen molar-refractivity contribution in [3.63, 3.8) is 0 Å². The van der Waals surface area contributed by atoms with Gasteiger partial charge in [0.1, 0.15) is 10.7 Å². The lowest BCUT2D eigenvalue weighted by atomic mass is 10.1. The molecule has 0 unspecified atom stereocenters. The summed E-state index contributed by atoms with van der Waals surface area (Å²) in [6.07, 6.45) is 4.33. The molecule has 0 saturated heterocycles. The summed E-state index contributed by atoms with van der Waals surface area (Å²) in [5.74, 6) is -1.17. The zero-order valence-electron chi connectivity index (χ0n) is 17.5. The Bertz CT molecular complexity index is 1090. The average Bonchev–Trinajstić information content (AvgIpc) is 3.33. The molecule has 160 valence electrons. The smallest absolute Gasteiger partial charge is 0.283 e. The Balaban J connectivity index is 1.49. The van der Waals surface area contributed by atoms with Crippen LogP contribution in [0, 0.1) is 13.8 Å². The zero-order valence-corrected chi connectivity index (χ0v) is 18.3. The molecule has 7 heteroatoms. The van der Waals surface area contributed by atoms with Crippen LogP contribution in [0.3, 0.4) is 0 Å². The molecule has 2 aromatic carbocycles. The molecule has 2 aromatic rings.